The van der Waals surface area contributed by atoms with Crippen LogP contribution in [0.5, 0.6) is 11.5 Å². The summed E-state index contributed by atoms with van der Waals surface area (Å²) < 4.78 is 0. The summed E-state index contributed by atoms with van der Waals surface area (Å²) in [5.74, 6) is -0.123. The van der Waals surface area contributed by atoms with E-state index >= 15 is 0 Å². The van der Waals surface area contributed by atoms with Crippen molar-refractivity contribution in [3.05, 3.63) is 36.4 Å². The van der Waals surface area contributed by atoms with Crippen molar-refractivity contribution in [3.8, 4) is 11.5 Å². The third-order valence-corrected chi connectivity index (χ3v) is 1.88. The van der Waals surface area contributed by atoms with Crippen LogP contribution in [0.4, 0.5) is 0 Å². The van der Waals surface area contributed by atoms with Gasteiger partial charge in [0.15, 0.2) is 11.5 Å². The standard InChI is InChI=1S/C10H8O2.Na.H/c11-9-6-5-7-3-1-2-4-8(7)10(9)12;;/h1-6,11-12H;;. The molecule has 2 nitrogen and oxygen atoms in total. The van der Waals surface area contributed by atoms with E-state index in [-0.39, 0.29) is 41.1 Å². The Bertz CT molecular complexity index is 426. The summed E-state index contributed by atoms with van der Waals surface area (Å²) in [5, 5.41) is 20.2. The summed E-state index contributed by atoms with van der Waals surface area (Å²) in [5.41, 5.74) is 0. The Morgan fingerprint density at radius 1 is 0.846 bits per heavy atom. The van der Waals surface area contributed by atoms with Crippen molar-refractivity contribution in [2.24, 2.45) is 0 Å². The predicted molar refractivity (Wildman–Crippen MR) is 54.4 cm³/mol. The molecule has 2 aromatic rings. The summed E-state index contributed by atoms with van der Waals surface area (Å²) in [4.78, 5) is 0. The maximum atomic E-state index is 9.41. The van der Waals surface area contributed by atoms with Gasteiger partial charge >= 0.3 is 29.6 Å². The van der Waals surface area contributed by atoms with Crippen LogP contribution in [0.1, 0.15) is 0 Å². The van der Waals surface area contributed by atoms with E-state index in [0.717, 1.165) is 5.39 Å². The zero-order chi connectivity index (χ0) is 8.55. The van der Waals surface area contributed by atoms with E-state index in [4.69, 9.17) is 5.11 Å². The van der Waals surface area contributed by atoms with E-state index in [1.54, 1.807) is 12.1 Å². The Morgan fingerprint density at radius 3 is 2.31 bits per heavy atom. The number of fused-ring (bicyclic) bond motifs is 1. The molecule has 0 aliphatic heterocycles. The average Bonchev–Trinajstić information content (AvgIpc) is 2.12. The molecule has 0 aliphatic carbocycles. The molecule has 0 fully saturated rings. The molecule has 0 aromatic heterocycles. The van der Waals surface area contributed by atoms with Gasteiger partial charge in [0.25, 0.3) is 0 Å². The molecule has 0 amide bonds. The zero-order valence-corrected chi connectivity index (χ0v) is 6.36. The minimum atomic E-state index is -0.0753. The molecule has 0 aliphatic rings. The molecule has 0 spiro atoms. The predicted octanol–water partition coefficient (Wildman–Crippen LogP) is 1.60. The first-order valence-electron chi connectivity index (χ1n) is 3.69. The number of hydrogen-bond acceptors (Lipinski definition) is 2. The van der Waals surface area contributed by atoms with Crippen LogP contribution < -0.4 is 0 Å². The van der Waals surface area contributed by atoms with E-state index in [1.165, 1.54) is 6.07 Å². The number of rotatable bonds is 0. The third-order valence-electron chi connectivity index (χ3n) is 1.88. The van der Waals surface area contributed by atoms with Crippen molar-refractivity contribution in [2.75, 3.05) is 0 Å². The summed E-state index contributed by atoms with van der Waals surface area (Å²) in [6.45, 7) is 0. The number of aromatic hydroxyl groups is 2. The molecule has 0 unspecified atom stereocenters. The molecule has 0 radical (unpaired) electrons. The van der Waals surface area contributed by atoms with Gasteiger partial charge in [-0.2, -0.15) is 0 Å². The molecule has 2 aromatic carbocycles. The van der Waals surface area contributed by atoms with Gasteiger partial charge in [0, 0.05) is 5.39 Å². The Labute approximate surface area is 98.1 Å². The first-order chi connectivity index (χ1) is 5.79. The first kappa shape index (κ1) is 10.4. The molecule has 62 valence electrons. The van der Waals surface area contributed by atoms with Crippen LogP contribution in [0, 0.1) is 0 Å². The van der Waals surface area contributed by atoms with Gasteiger partial charge in [-0.25, -0.2) is 0 Å². The Balaban J connectivity index is 0.000000845. The Hall–Kier alpha value is -0.700. The van der Waals surface area contributed by atoms with Gasteiger partial charge in [-0.15, -0.1) is 0 Å². The normalized spacial score (nSPS) is 9.54. The van der Waals surface area contributed by atoms with Crippen LogP contribution in [0.25, 0.3) is 10.8 Å². The van der Waals surface area contributed by atoms with Crippen molar-refractivity contribution in [1.29, 1.82) is 0 Å². The van der Waals surface area contributed by atoms with Gasteiger partial charge in [-0.3, -0.25) is 0 Å². The van der Waals surface area contributed by atoms with Crippen LogP contribution in [0.3, 0.4) is 0 Å². The maximum absolute atomic E-state index is 9.41. The molecule has 0 saturated heterocycles. The van der Waals surface area contributed by atoms with Gasteiger partial charge in [0.05, 0.1) is 0 Å². The van der Waals surface area contributed by atoms with Crippen LogP contribution in [-0.4, -0.2) is 39.8 Å². The fraction of sp³-hybridized carbons (Fsp3) is 0. The fourth-order valence-corrected chi connectivity index (χ4v) is 1.24. The van der Waals surface area contributed by atoms with Gasteiger partial charge in [0.1, 0.15) is 0 Å². The molecule has 13 heavy (non-hydrogen) atoms. The molecule has 0 atom stereocenters. The second kappa shape index (κ2) is 4.01. The van der Waals surface area contributed by atoms with Crippen molar-refractivity contribution < 1.29 is 10.2 Å². The van der Waals surface area contributed by atoms with E-state index in [0.29, 0.717) is 5.39 Å². The molecule has 0 bridgehead atoms. The summed E-state index contributed by atoms with van der Waals surface area (Å²) in [7, 11) is 0. The summed E-state index contributed by atoms with van der Waals surface area (Å²) >= 11 is 0. The second-order valence-electron chi connectivity index (χ2n) is 2.65. The molecular formula is C10H9NaO2. The molecule has 3 heteroatoms. The van der Waals surface area contributed by atoms with E-state index in [1.807, 2.05) is 18.2 Å². The quantitative estimate of drug-likeness (QED) is 0.482. The van der Waals surface area contributed by atoms with Crippen molar-refractivity contribution >= 4 is 40.3 Å². The van der Waals surface area contributed by atoms with Crippen molar-refractivity contribution in [1.82, 2.24) is 0 Å². The molecule has 2 rings (SSSR count). The number of benzene rings is 2. The van der Waals surface area contributed by atoms with Crippen LogP contribution in [0.2, 0.25) is 0 Å². The summed E-state index contributed by atoms with van der Waals surface area (Å²) in [6, 6.07) is 10.6. The number of phenols is 2. The van der Waals surface area contributed by atoms with Crippen molar-refractivity contribution in [3.63, 3.8) is 0 Å². The van der Waals surface area contributed by atoms with E-state index in [2.05, 4.69) is 0 Å². The Morgan fingerprint density at radius 2 is 1.54 bits per heavy atom. The number of hydrogen-bond donors (Lipinski definition) is 2. The van der Waals surface area contributed by atoms with Gasteiger partial charge in [-0.05, 0) is 11.5 Å². The SMILES string of the molecule is Oc1ccc2ccccc2c1O.[NaH]. The van der Waals surface area contributed by atoms with Crippen LogP contribution in [0.15, 0.2) is 36.4 Å². The topological polar surface area (TPSA) is 40.5 Å². The monoisotopic (exact) mass is 184 g/mol. The van der Waals surface area contributed by atoms with E-state index < -0.39 is 0 Å². The van der Waals surface area contributed by atoms with Gasteiger partial charge < -0.3 is 10.2 Å². The van der Waals surface area contributed by atoms with Gasteiger partial charge in [0.2, 0.25) is 0 Å². The fourth-order valence-electron chi connectivity index (χ4n) is 1.24. The van der Waals surface area contributed by atoms with Crippen LogP contribution >= 0.6 is 0 Å². The van der Waals surface area contributed by atoms with Gasteiger partial charge in [-0.1, -0.05) is 30.3 Å². The number of phenolic OH excluding ortho intramolecular Hbond substituents is 2. The Kier molecular flexibility index (Phi) is 3.20. The molecule has 0 heterocycles. The first-order valence-corrected chi connectivity index (χ1v) is 3.69. The average molecular weight is 184 g/mol. The molecule has 0 saturated carbocycles. The zero-order valence-electron chi connectivity index (χ0n) is 6.36. The van der Waals surface area contributed by atoms with Crippen LogP contribution in [-0.2, 0) is 0 Å². The van der Waals surface area contributed by atoms with E-state index in [9.17, 15) is 5.11 Å². The molecular weight excluding hydrogens is 175 g/mol. The molecule has 2 N–H and O–H groups in total. The third kappa shape index (κ3) is 1.80. The second-order valence-corrected chi connectivity index (χ2v) is 2.65. The van der Waals surface area contributed by atoms with Crippen molar-refractivity contribution in [2.45, 2.75) is 0 Å². The minimum absolute atomic E-state index is 0. The summed E-state index contributed by atoms with van der Waals surface area (Å²) in [6.07, 6.45) is 0.